The maximum absolute atomic E-state index is 14.2. The molecule has 132 valence electrons. The summed E-state index contributed by atoms with van der Waals surface area (Å²) in [5.74, 6) is -0.131. The largest absolute Gasteiger partial charge is 0.453 e. The lowest BCUT2D eigenvalue weighted by Crippen LogP contribution is -2.42. The van der Waals surface area contributed by atoms with Crippen molar-refractivity contribution in [2.75, 3.05) is 0 Å². The van der Waals surface area contributed by atoms with Gasteiger partial charge in [-0.25, -0.2) is 4.39 Å². The van der Waals surface area contributed by atoms with E-state index in [-0.39, 0.29) is 17.2 Å². The van der Waals surface area contributed by atoms with Crippen LogP contribution in [0.15, 0.2) is 48.8 Å². The quantitative estimate of drug-likeness (QED) is 0.741. The Kier molecular flexibility index (Phi) is 6.28. The molecule has 0 spiro atoms. The molecule has 2 aromatic rings. The third-order valence-corrected chi connectivity index (χ3v) is 3.58. The average molecular weight is 342 g/mol. The highest BCUT2D eigenvalue weighted by Crippen LogP contribution is 2.24. The van der Waals surface area contributed by atoms with Gasteiger partial charge in [-0.1, -0.05) is 19.4 Å². The molecule has 1 N–H and O–H groups in total. The zero-order chi connectivity index (χ0) is 18.3. The van der Waals surface area contributed by atoms with Crippen molar-refractivity contribution < 1.29 is 13.9 Å². The molecule has 0 saturated carbocycles. The number of carbonyl (C=O) groups excluding carboxylic acids is 1. The highest BCUT2D eigenvalue weighted by Gasteiger charge is 2.17. The van der Waals surface area contributed by atoms with E-state index >= 15 is 0 Å². The standard InChI is InChI=1S/C20H23FN2O2/c1-4-11-20(2,3)23-19(24)10-8-15-7-9-18(17(21)13-15)25-16-6-5-12-22-14-16/h5-10,12-14H,4,11H2,1-3H3,(H,23,24)/b10-8+. The summed E-state index contributed by atoms with van der Waals surface area (Å²) in [4.78, 5) is 15.9. The maximum Gasteiger partial charge on any atom is 0.244 e. The summed E-state index contributed by atoms with van der Waals surface area (Å²) < 4.78 is 19.6. The highest BCUT2D eigenvalue weighted by molar-refractivity contribution is 5.92. The Labute approximate surface area is 147 Å². The number of halogens is 1. The number of aromatic nitrogens is 1. The van der Waals surface area contributed by atoms with E-state index in [9.17, 15) is 9.18 Å². The number of nitrogens with one attached hydrogen (secondary N) is 1. The van der Waals surface area contributed by atoms with Gasteiger partial charge in [-0.3, -0.25) is 9.78 Å². The van der Waals surface area contributed by atoms with Crippen molar-refractivity contribution in [2.45, 2.75) is 39.2 Å². The molecular weight excluding hydrogens is 319 g/mol. The van der Waals surface area contributed by atoms with Gasteiger partial charge in [0.05, 0.1) is 6.20 Å². The van der Waals surface area contributed by atoms with Crippen molar-refractivity contribution in [3.05, 3.63) is 60.2 Å². The lowest BCUT2D eigenvalue weighted by atomic mass is 9.99. The minimum atomic E-state index is -0.502. The summed E-state index contributed by atoms with van der Waals surface area (Å²) in [6, 6.07) is 7.95. The summed E-state index contributed by atoms with van der Waals surface area (Å²) in [5, 5.41) is 2.93. The molecule has 0 saturated heterocycles. The third-order valence-electron chi connectivity index (χ3n) is 3.58. The summed E-state index contributed by atoms with van der Waals surface area (Å²) in [5.41, 5.74) is 0.322. The van der Waals surface area contributed by atoms with Crippen LogP contribution in [0.5, 0.6) is 11.5 Å². The molecule has 1 aromatic heterocycles. The topological polar surface area (TPSA) is 51.2 Å². The van der Waals surface area contributed by atoms with Gasteiger partial charge in [0.2, 0.25) is 5.91 Å². The number of rotatable bonds is 7. The third kappa shape index (κ3) is 6.03. The van der Waals surface area contributed by atoms with Crippen molar-refractivity contribution in [3.8, 4) is 11.5 Å². The van der Waals surface area contributed by atoms with Crippen LogP contribution in [0.1, 0.15) is 39.2 Å². The SMILES string of the molecule is CCCC(C)(C)NC(=O)/C=C/c1ccc(Oc2cccnc2)c(F)c1. The fourth-order valence-electron chi connectivity index (χ4n) is 2.47. The second-order valence-electron chi connectivity index (χ2n) is 6.44. The van der Waals surface area contributed by atoms with Gasteiger partial charge < -0.3 is 10.1 Å². The summed E-state index contributed by atoms with van der Waals surface area (Å²) in [6.07, 6.45) is 7.99. The molecule has 1 heterocycles. The van der Waals surface area contributed by atoms with Gasteiger partial charge in [0, 0.05) is 17.8 Å². The van der Waals surface area contributed by atoms with Gasteiger partial charge in [-0.2, -0.15) is 0 Å². The average Bonchev–Trinajstić information content (AvgIpc) is 2.55. The van der Waals surface area contributed by atoms with E-state index in [1.54, 1.807) is 30.5 Å². The first-order valence-corrected chi connectivity index (χ1v) is 8.27. The molecule has 0 aliphatic carbocycles. The molecule has 5 heteroatoms. The number of hydrogen-bond acceptors (Lipinski definition) is 3. The Hall–Kier alpha value is -2.69. The monoisotopic (exact) mass is 342 g/mol. The zero-order valence-corrected chi connectivity index (χ0v) is 14.8. The Bertz CT molecular complexity index is 743. The first kappa shape index (κ1) is 18.6. The van der Waals surface area contributed by atoms with Gasteiger partial charge in [-0.05, 0) is 56.2 Å². The Morgan fingerprint density at radius 1 is 1.36 bits per heavy atom. The van der Waals surface area contributed by atoms with Crippen molar-refractivity contribution >= 4 is 12.0 Å². The Balaban J connectivity index is 2.01. The van der Waals surface area contributed by atoms with Crippen molar-refractivity contribution in [3.63, 3.8) is 0 Å². The van der Waals surface area contributed by atoms with E-state index in [0.717, 1.165) is 12.8 Å². The number of benzene rings is 1. The van der Waals surface area contributed by atoms with Crippen LogP contribution in [0.4, 0.5) is 4.39 Å². The predicted octanol–water partition coefficient (Wildman–Crippen LogP) is 4.72. The van der Waals surface area contributed by atoms with Crippen LogP contribution in [-0.4, -0.2) is 16.4 Å². The normalized spacial score (nSPS) is 11.5. The van der Waals surface area contributed by atoms with Gasteiger partial charge in [0.25, 0.3) is 0 Å². The van der Waals surface area contributed by atoms with Crippen molar-refractivity contribution in [1.29, 1.82) is 0 Å². The molecule has 2 rings (SSSR count). The second-order valence-corrected chi connectivity index (χ2v) is 6.44. The number of carbonyl (C=O) groups is 1. The molecule has 0 radical (unpaired) electrons. The van der Waals surface area contributed by atoms with Gasteiger partial charge in [0.1, 0.15) is 5.75 Å². The Morgan fingerprint density at radius 2 is 2.16 bits per heavy atom. The highest BCUT2D eigenvalue weighted by atomic mass is 19.1. The fourth-order valence-corrected chi connectivity index (χ4v) is 2.47. The number of amides is 1. The van der Waals surface area contributed by atoms with Crippen LogP contribution in [0, 0.1) is 5.82 Å². The molecule has 0 unspecified atom stereocenters. The fraction of sp³-hybridized carbons (Fsp3) is 0.300. The van der Waals surface area contributed by atoms with Gasteiger partial charge in [-0.15, -0.1) is 0 Å². The maximum atomic E-state index is 14.2. The van der Waals surface area contributed by atoms with Crippen LogP contribution < -0.4 is 10.1 Å². The van der Waals surface area contributed by atoms with E-state index in [1.807, 2.05) is 13.8 Å². The summed E-state index contributed by atoms with van der Waals surface area (Å²) >= 11 is 0. The molecule has 1 amide bonds. The van der Waals surface area contributed by atoms with E-state index in [1.165, 1.54) is 24.4 Å². The van der Waals surface area contributed by atoms with Crippen molar-refractivity contribution in [1.82, 2.24) is 10.3 Å². The Morgan fingerprint density at radius 3 is 2.80 bits per heavy atom. The smallest absolute Gasteiger partial charge is 0.244 e. The van der Waals surface area contributed by atoms with E-state index in [4.69, 9.17) is 4.74 Å². The molecule has 0 atom stereocenters. The lowest BCUT2D eigenvalue weighted by Gasteiger charge is -2.24. The molecule has 0 aliphatic heterocycles. The number of pyridine rings is 1. The summed E-state index contributed by atoms with van der Waals surface area (Å²) in [7, 11) is 0. The first-order valence-electron chi connectivity index (χ1n) is 8.27. The van der Waals surface area contributed by atoms with Crippen LogP contribution in [-0.2, 0) is 4.79 Å². The van der Waals surface area contributed by atoms with Crippen LogP contribution in [0.2, 0.25) is 0 Å². The second kappa shape index (κ2) is 8.42. The van der Waals surface area contributed by atoms with Crippen LogP contribution in [0.3, 0.4) is 0 Å². The molecule has 0 fully saturated rings. The number of ether oxygens (including phenoxy) is 1. The summed E-state index contributed by atoms with van der Waals surface area (Å²) in [6.45, 7) is 6.03. The lowest BCUT2D eigenvalue weighted by molar-refractivity contribution is -0.118. The molecular formula is C20H23FN2O2. The molecule has 25 heavy (non-hydrogen) atoms. The molecule has 1 aromatic carbocycles. The van der Waals surface area contributed by atoms with Gasteiger partial charge in [0.15, 0.2) is 11.6 Å². The van der Waals surface area contributed by atoms with Crippen molar-refractivity contribution in [2.24, 2.45) is 0 Å². The molecule has 0 aliphatic rings. The predicted molar refractivity (Wildman–Crippen MR) is 96.9 cm³/mol. The number of hydrogen-bond donors (Lipinski definition) is 1. The zero-order valence-electron chi connectivity index (χ0n) is 14.8. The van der Waals surface area contributed by atoms with Crippen LogP contribution >= 0.6 is 0 Å². The van der Waals surface area contributed by atoms with E-state index in [2.05, 4.69) is 17.2 Å². The number of nitrogens with zero attached hydrogens (tertiary/aromatic N) is 1. The minimum absolute atomic E-state index is 0.110. The molecule has 0 bridgehead atoms. The van der Waals surface area contributed by atoms with Gasteiger partial charge >= 0.3 is 0 Å². The molecule has 4 nitrogen and oxygen atoms in total. The van der Waals surface area contributed by atoms with E-state index < -0.39 is 5.82 Å². The van der Waals surface area contributed by atoms with E-state index in [0.29, 0.717) is 11.3 Å². The van der Waals surface area contributed by atoms with Crippen LogP contribution in [0.25, 0.3) is 6.08 Å². The minimum Gasteiger partial charge on any atom is -0.453 e. The first-order chi connectivity index (χ1) is 11.9.